The molecule has 2 aliphatic rings. The van der Waals surface area contributed by atoms with Gasteiger partial charge in [-0.25, -0.2) is 9.97 Å². The number of nitrogen functional groups attached to an aromatic ring is 1. The standard InChI is InChI=1S/C26H28N6O2/c27-22(17-6-8-20(9-7-17)34-19-4-2-1-3-5-19)21-23(28)30-16-31-24(21)32-18-10-12-26(13-11-18)14-15-29-25(26)33/h1-9,16,18,27H,10-15H2,(H,29,33)(H3,28,30,31,32). The van der Waals surface area contributed by atoms with E-state index in [1.807, 2.05) is 54.6 Å². The maximum absolute atomic E-state index is 12.3. The number of aromatic nitrogens is 2. The van der Waals surface area contributed by atoms with Crippen LogP contribution in [0.1, 0.15) is 43.2 Å². The molecule has 5 N–H and O–H groups in total. The molecule has 1 aliphatic heterocycles. The zero-order valence-corrected chi connectivity index (χ0v) is 18.9. The minimum absolute atomic E-state index is 0.168. The Balaban J connectivity index is 1.30. The fraction of sp³-hybridized carbons (Fsp3) is 0.308. The van der Waals surface area contributed by atoms with Crippen molar-refractivity contribution in [3.63, 3.8) is 0 Å². The molecule has 8 nitrogen and oxygen atoms in total. The van der Waals surface area contributed by atoms with Crippen molar-refractivity contribution >= 4 is 23.3 Å². The first-order chi connectivity index (χ1) is 16.5. The summed E-state index contributed by atoms with van der Waals surface area (Å²) < 4.78 is 5.85. The fourth-order valence-electron chi connectivity index (χ4n) is 4.92. The highest BCUT2D eigenvalue weighted by Gasteiger charge is 2.44. The van der Waals surface area contributed by atoms with Crippen LogP contribution < -0.4 is 21.1 Å². The maximum atomic E-state index is 12.3. The predicted octanol–water partition coefficient (Wildman–Crippen LogP) is 4.13. The van der Waals surface area contributed by atoms with Crippen molar-refractivity contribution < 1.29 is 9.53 Å². The van der Waals surface area contributed by atoms with E-state index < -0.39 is 0 Å². The minimum atomic E-state index is -0.206. The second-order valence-electron chi connectivity index (χ2n) is 9.00. The van der Waals surface area contributed by atoms with E-state index in [1.165, 1.54) is 6.33 Å². The highest BCUT2D eigenvalue weighted by Crippen LogP contribution is 2.42. The van der Waals surface area contributed by atoms with Crippen LogP contribution in [0.3, 0.4) is 0 Å². The Morgan fingerprint density at radius 3 is 2.41 bits per heavy atom. The van der Waals surface area contributed by atoms with Crippen LogP contribution in [-0.2, 0) is 4.79 Å². The number of carbonyl (C=O) groups excluding carboxylic acids is 1. The summed E-state index contributed by atoms with van der Waals surface area (Å²) in [4.78, 5) is 20.8. The lowest BCUT2D eigenvalue weighted by atomic mass is 9.71. The summed E-state index contributed by atoms with van der Waals surface area (Å²) in [6.07, 6.45) is 5.78. The Morgan fingerprint density at radius 1 is 1.03 bits per heavy atom. The lowest BCUT2D eigenvalue weighted by Crippen LogP contribution is -2.38. The van der Waals surface area contributed by atoms with E-state index in [-0.39, 0.29) is 28.9 Å². The Kier molecular flexibility index (Phi) is 5.88. The summed E-state index contributed by atoms with van der Waals surface area (Å²) >= 11 is 0. The average molecular weight is 457 g/mol. The SMILES string of the molecule is N=C(c1ccc(Oc2ccccc2)cc1)c1c(N)ncnc1NC1CCC2(CCNC2=O)CC1. The van der Waals surface area contributed by atoms with Crippen molar-refractivity contribution in [3.05, 3.63) is 72.1 Å². The number of hydrogen-bond acceptors (Lipinski definition) is 7. The van der Waals surface area contributed by atoms with E-state index in [1.54, 1.807) is 0 Å². The van der Waals surface area contributed by atoms with E-state index in [9.17, 15) is 4.79 Å². The van der Waals surface area contributed by atoms with Crippen molar-refractivity contribution in [2.45, 2.75) is 38.1 Å². The Hall–Kier alpha value is -3.94. The molecule has 1 aliphatic carbocycles. The number of ether oxygens (including phenoxy) is 1. The lowest BCUT2D eigenvalue weighted by molar-refractivity contribution is -0.129. The first kappa shape index (κ1) is 21.9. The Bertz CT molecular complexity index is 1190. The summed E-state index contributed by atoms with van der Waals surface area (Å²) in [5, 5.41) is 15.3. The van der Waals surface area contributed by atoms with Gasteiger partial charge in [-0.2, -0.15) is 0 Å². The topological polar surface area (TPSA) is 126 Å². The molecule has 0 radical (unpaired) electrons. The molecule has 34 heavy (non-hydrogen) atoms. The number of anilines is 2. The molecule has 2 aromatic carbocycles. The van der Waals surface area contributed by atoms with Crippen LogP contribution in [0.4, 0.5) is 11.6 Å². The van der Waals surface area contributed by atoms with E-state index in [0.717, 1.165) is 44.4 Å². The normalized spacial score (nSPS) is 21.8. The highest BCUT2D eigenvalue weighted by molar-refractivity contribution is 6.16. The number of carbonyl (C=O) groups is 1. The third kappa shape index (κ3) is 4.31. The van der Waals surface area contributed by atoms with Crippen LogP contribution in [0, 0.1) is 10.8 Å². The quantitative estimate of drug-likeness (QED) is 0.413. The molecule has 2 heterocycles. The molecule has 1 saturated carbocycles. The van der Waals surface area contributed by atoms with Crippen LogP contribution in [-0.4, -0.2) is 34.2 Å². The number of nitrogens with two attached hydrogens (primary N) is 1. The molecule has 0 unspecified atom stereocenters. The molecule has 1 saturated heterocycles. The predicted molar refractivity (Wildman–Crippen MR) is 131 cm³/mol. The smallest absolute Gasteiger partial charge is 0.226 e. The van der Waals surface area contributed by atoms with Gasteiger partial charge in [-0.1, -0.05) is 18.2 Å². The third-order valence-corrected chi connectivity index (χ3v) is 6.90. The van der Waals surface area contributed by atoms with Crippen molar-refractivity contribution in [1.29, 1.82) is 5.41 Å². The molecule has 174 valence electrons. The number of para-hydroxylation sites is 1. The van der Waals surface area contributed by atoms with Crippen molar-refractivity contribution in [2.24, 2.45) is 5.41 Å². The van der Waals surface area contributed by atoms with E-state index in [0.29, 0.717) is 22.7 Å². The molecular formula is C26H28N6O2. The van der Waals surface area contributed by atoms with Gasteiger partial charge in [0, 0.05) is 18.2 Å². The number of nitrogens with zero attached hydrogens (tertiary/aromatic N) is 2. The van der Waals surface area contributed by atoms with Crippen LogP contribution in [0.25, 0.3) is 0 Å². The molecule has 8 heteroatoms. The van der Waals surface area contributed by atoms with E-state index in [4.69, 9.17) is 15.9 Å². The van der Waals surface area contributed by atoms with Gasteiger partial charge < -0.3 is 21.1 Å². The summed E-state index contributed by atoms with van der Waals surface area (Å²) in [6, 6.07) is 17.0. The van der Waals surface area contributed by atoms with E-state index in [2.05, 4.69) is 20.6 Å². The average Bonchev–Trinajstić information content (AvgIpc) is 3.21. The van der Waals surface area contributed by atoms with Gasteiger partial charge in [0.05, 0.1) is 16.7 Å². The highest BCUT2D eigenvalue weighted by atomic mass is 16.5. The lowest BCUT2D eigenvalue weighted by Gasteiger charge is -2.35. The van der Waals surface area contributed by atoms with Gasteiger partial charge in [-0.3, -0.25) is 10.2 Å². The van der Waals surface area contributed by atoms with Crippen molar-refractivity contribution in [3.8, 4) is 11.5 Å². The molecule has 1 amide bonds. The number of benzene rings is 2. The first-order valence-corrected chi connectivity index (χ1v) is 11.6. The first-order valence-electron chi connectivity index (χ1n) is 11.6. The minimum Gasteiger partial charge on any atom is -0.457 e. The van der Waals surface area contributed by atoms with Gasteiger partial charge in [0.1, 0.15) is 29.5 Å². The summed E-state index contributed by atoms with van der Waals surface area (Å²) in [6.45, 7) is 0.774. The summed E-state index contributed by atoms with van der Waals surface area (Å²) in [7, 11) is 0. The second-order valence-corrected chi connectivity index (χ2v) is 9.00. The second kappa shape index (κ2) is 9.13. The number of hydrogen-bond donors (Lipinski definition) is 4. The Labute approximate surface area is 198 Å². The molecule has 5 rings (SSSR count). The molecule has 0 bridgehead atoms. The third-order valence-electron chi connectivity index (χ3n) is 6.90. The van der Waals surface area contributed by atoms with Crippen molar-refractivity contribution in [1.82, 2.24) is 15.3 Å². The Morgan fingerprint density at radius 2 is 1.74 bits per heavy atom. The molecule has 1 aromatic heterocycles. The van der Waals surface area contributed by atoms with E-state index >= 15 is 0 Å². The number of rotatable bonds is 6. The summed E-state index contributed by atoms with van der Waals surface area (Å²) in [5.74, 6) is 2.44. The van der Waals surface area contributed by atoms with Crippen LogP contribution in [0.15, 0.2) is 60.9 Å². The number of nitrogens with one attached hydrogen (secondary N) is 3. The monoisotopic (exact) mass is 456 g/mol. The maximum Gasteiger partial charge on any atom is 0.226 e. The van der Waals surface area contributed by atoms with Gasteiger partial charge in [-0.15, -0.1) is 0 Å². The van der Waals surface area contributed by atoms with Gasteiger partial charge in [0.15, 0.2) is 0 Å². The van der Waals surface area contributed by atoms with Crippen LogP contribution >= 0.6 is 0 Å². The largest absolute Gasteiger partial charge is 0.457 e. The van der Waals surface area contributed by atoms with Crippen LogP contribution in [0.5, 0.6) is 11.5 Å². The van der Waals surface area contributed by atoms with Gasteiger partial charge in [-0.05, 0) is 68.5 Å². The zero-order valence-electron chi connectivity index (χ0n) is 18.9. The fourth-order valence-corrected chi connectivity index (χ4v) is 4.92. The molecule has 3 aromatic rings. The molecular weight excluding hydrogens is 428 g/mol. The number of amides is 1. The molecule has 2 fully saturated rings. The molecule has 1 spiro atoms. The van der Waals surface area contributed by atoms with Gasteiger partial charge in [0.2, 0.25) is 5.91 Å². The van der Waals surface area contributed by atoms with Crippen LogP contribution in [0.2, 0.25) is 0 Å². The van der Waals surface area contributed by atoms with Gasteiger partial charge in [0.25, 0.3) is 0 Å². The van der Waals surface area contributed by atoms with Gasteiger partial charge >= 0.3 is 0 Å². The molecule has 0 atom stereocenters. The summed E-state index contributed by atoms with van der Waals surface area (Å²) in [5.41, 5.74) is 7.41. The zero-order chi connectivity index (χ0) is 23.5. The van der Waals surface area contributed by atoms with Crippen molar-refractivity contribution in [2.75, 3.05) is 17.6 Å².